The molecule has 2 aromatic carbocycles. The van der Waals surface area contributed by atoms with Crippen LogP contribution in [0.3, 0.4) is 0 Å². The van der Waals surface area contributed by atoms with Gasteiger partial charge in [-0.15, -0.1) is 0 Å². The molecule has 0 bridgehead atoms. The largest absolute Gasteiger partial charge is 0.496 e. The lowest BCUT2D eigenvalue weighted by Gasteiger charge is -2.36. The molecule has 1 aliphatic rings. The molecule has 1 fully saturated rings. The lowest BCUT2D eigenvalue weighted by Crippen LogP contribution is -2.53. The Hall–Kier alpha value is -3.11. The number of nitrogens with one attached hydrogen (secondary N) is 1. The highest BCUT2D eigenvalue weighted by molar-refractivity contribution is 5.90. The molecule has 2 N–H and O–H groups in total. The van der Waals surface area contributed by atoms with Crippen LogP contribution in [0.5, 0.6) is 5.75 Å². The van der Waals surface area contributed by atoms with Crippen molar-refractivity contribution in [1.29, 1.82) is 0 Å². The van der Waals surface area contributed by atoms with Crippen molar-refractivity contribution in [2.24, 2.45) is 11.3 Å². The van der Waals surface area contributed by atoms with E-state index >= 15 is 0 Å². The van der Waals surface area contributed by atoms with Gasteiger partial charge in [-0.1, -0.05) is 51.1 Å². The smallest absolute Gasteiger partial charge is 0.416 e. The maximum Gasteiger partial charge on any atom is 0.416 e. The first-order chi connectivity index (χ1) is 18.0. The highest BCUT2D eigenvalue weighted by atomic mass is 19.4. The standard InChI is InChI=1S/C29H37F3N2O5/c1-27(2,3)21-22(33-16-18-15-19(29(30,31)32)13-14-20(18)38-6)23(17-11-9-8-10-12-17)34(24(21)25(35)36)26(37)28(4,5)39-7/h8-15,21-24,33H,16H2,1-7H3,(H,35,36)/t21-,22-,23-,24-/m1/s1. The van der Waals surface area contributed by atoms with E-state index in [2.05, 4.69) is 5.32 Å². The molecule has 4 atom stereocenters. The van der Waals surface area contributed by atoms with Crippen molar-refractivity contribution in [3.63, 3.8) is 0 Å². The average Bonchev–Trinajstić information content (AvgIpc) is 3.22. The van der Waals surface area contributed by atoms with Crippen LogP contribution in [-0.2, 0) is 27.0 Å². The van der Waals surface area contributed by atoms with Gasteiger partial charge in [0.25, 0.3) is 5.91 Å². The molecule has 214 valence electrons. The zero-order chi connectivity index (χ0) is 29.3. The minimum atomic E-state index is -4.54. The lowest BCUT2D eigenvalue weighted by atomic mass is 9.72. The number of hydrogen-bond acceptors (Lipinski definition) is 5. The van der Waals surface area contributed by atoms with Crippen LogP contribution < -0.4 is 10.1 Å². The highest BCUT2D eigenvalue weighted by Crippen LogP contribution is 2.49. The summed E-state index contributed by atoms with van der Waals surface area (Å²) in [5.41, 5.74) is -1.79. The summed E-state index contributed by atoms with van der Waals surface area (Å²) >= 11 is 0. The van der Waals surface area contributed by atoms with Crippen molar-refractivity contribution < 1.29 is 37.3 Å². The van der Waals surface area contributed by atoms with E-state index in [0.29, 0.717) is 5.56 Å². The third kappa shape index (κ3) is 6.22. The molecule has 0 spiro atoms. The maximum atomic E-state index is 13.9. The Balaban J connectivity index is 2.19. The van der Waals surface area contributed by atoms with Gasteiger partial charge in [0, 0.05) is 31.2 Å². The summed E-state index contributed by atoms with van der Waals surface area (Å²) in [6.45, 7) is 8.79. The topological polar surface area (TPSA) is 88.1 Å². The van der Waals surface area contributed by atoms with E-state index in [1.807, 2.05) is 39.0 Å². The molecule has 2 aromatic rings. The third-order valence-corrected chi connectivity index (χ3v) is 7.46. The van der Waals surface area contributed by atoms with Crippen LogP contribution in [0.1, 0.15) is 57.4 Å². The zero-order valence-corrected chi connectivity index (χ0v) is 23.3. The van der Waals surface area contributed by atoms with Crippen LogP contribution in [0, 0.1) is 11.3 Å². The highest BCUT2D eigenvalue weighted by Gasteiger charge is 2.59. The Labute approximate surface area is 227 Å². The number of ether oxygens (including phenoxy) is 2. The Morgan fingerprint density at radius 1 is 1.00 bits per heavy atom. The first-order valence-corrected chi connectivity index (χ1v) is 12.7. The molecule has 0 radical (unpaired) electrons. The number of rotatable bonds is 8. The normalized spacial score (nSPS) is 22.2. The van der Waals surface area contributed by atoms with Crippen molar-refractivity contribution in [3.05, 3.63) is 65.2 Å². The minimum absolute atomic E-state index is 0.0459. The predicted molar refractivity (Wildman–Crippen MR) is 140 cm³/mol. The second kappa shape index (κ2) is 11.2. The van der Waals surface area contributed by atoms with Gasteiger partial charge in [0.15, 0.2) is 0 Å². The van der Waals surface area contributed by atoms with E-state index in [1.54, 1.807) is 26.0 Å². The van der Waals surface area contributed by atoms with Gasteiger partial charge in [-0.2, -0.15) is 13.2 Å². The molecule has 7 nitrogen and oxygen atoms in total. The zero-order valence-electron chi connectivity index (χ0n) is 23.3. The summed E-state index contributed by atoms with van der Waals surface area (Å²) in [5, 5.41) is 13.8. The van der Waals surface area contributed by atoms with Crippen LogP contribution in [0.4, 0.5) is 13.2 Å². The molecule has 1 saturated heterocycles. The van der Waals surface area contributed by atoms with Gasteiger partial charge in [-0.3, -0.25) is 4.79 Å². The summed E-state index contributed by atoms with van der Waals surface area (Å²) in [4.78, 5) is 28.1. The van der Waals surface area contributed by atoms with E-state index in [9.17, 15) is 27.9 Å². The fraction of sp³-hybridized carbons (Fsp3) is 0.517. The van der Waals surface area contributed by atoms with Gasteiger partial charge in [0.05, 0.1) is 18.7 Å². The Morgan fingerprint density at radius 3 is 2.10 bits per heavy atom. The summed E-state index contributed by atoms with van der Waals surface area (Å²) in [6, 6.07) is 9.68. The van der Waals surface area contributed by atoms with Crippen molar-refractivity contribution >= 4 is 11.9 Å². The first-order valence-electron chi connectivity index (χ1n) is 12.7. The molecular formula is C29H37F3N2O5. The van der Waals surface area contributed by atoms with Gasteiger partial charge in [-0.25, -0.2) is 4.79 Å². The average molecular weight is 551 g/mol. The number of nitrogens with zero attached hydrogens (tertiary/aromatic N) is 1. The van der Waals surface area contributed by atoms with Gasteiger partial charge < -0.3 is 24.8 Å². The van der Waals surface area contributed by atoms with Crippen molar-refractivity contribution in [1.82, 2.24) is 10.2 Å². The molecule has 1 heterocycles. The summed E-state index contributed by atoms with van der Waals surface area (Å²) in [5.74, 6) is -2.02. The van der Waals surface area contributed by atoms with Gasteiger partial charge >= 0.3 is 12.1 Å². The number of carbonyl (C=O) groups is 2. The molecule has 0 unspecified atom stereocenters. The number of likely N-dealkylation sites (tertiary alicyclic amines) is 1. The van der Waals surface area contributed by atoms with Crippen LogP contribution >= 0.6 is 0 Å². The van der Waals surface area contributed by atoms with Gasteiger partial charge in [-0.05, 0) is 43.0 Å². The van der Waals surface area contributed by atoms with Crippen LogP contribution in [0.2, 0.25) is 0 Å². The first kappa shape index (κ1) is 30.4. The molecule has 1 aliphatic heterocycles. The predicted octanol–water partition coefficient (Wildman–Crippen LogP) is 5.30. The SMILES string of the molecule is COc1ccc(C(F)(F)F)cc1CN[C@@H]1[C@@H](C(C)(C)C)[C@H](C(=O)O)N(C(=O)C(C)(C)OC)[C@@H]1c1ccccc1. The molecule has 0 saturated carbocycles. The molecule has 10 heteroatoms. The van der Waals surface area contributed by atoms with Crippen molar-refractivity contribution in [2.75, 3.05) is 14.2 Å². The number of carboxylic acid groups (broad SMARTS) is 1. The van der Waals surface area contributed by atoms with Crippen LogP contribution in [0.25, 0.3) is 0 Å². The Kier molecular flexibility index (Phi) is 8.72. The third-order valence-electron chi connectivity index (χ3n) is 7.46. The number of aliphatic carboxylic acids is 1. The number of carbonyl (C=O) groups excluding carboxylic acids is 1. The van der Waals surface area contributed by atoms with E-state index in [4.69, 9.17) is 9.47 Å². The molecular weight excluding hydrogens is 513 g/mol. The fourth-order valence-corrected chi connectivity index (χ4v) is 5.43. The Morgan fingerprint density at radius 2 is 1.62 bits per heavy atom. The molecule has 39 heavy (non-hydrogen) atoms. The van der Waals surface area contributed by atoms with E-state index in [-0.39, 0.29) is 17.9 Å². The van der Waals surface area contributed by atoms with Gasteiger partial charge in [0.1, 0.15) is 17.4 Å². The summed E-state index contributed by atoms with van der Waals surface area (Å²) < 4.78 is 51.3. The van der Waals surface area contributed by atoms with E-state index in [1.165, 1.54) is 25.2 Å². The van der Waals surface area contributed by atoms with Crippen LogP contribution in [-0.4, -0.2) is 53.8 Å². The lowest BCUT2D eigenvalue weighted by molar-refractivity contribution is -0.162. The van der Waals surface area contributed by atoms with E-state index in [0.717, 1.165) is 12.1 Å². The van der Waals surface area contributed by atoms with Crippen molar-refractivity contribution in [2.45, 2.75) is 71.1 Å². The number of carboxylic acids is 1. The minimum Gasteiger partial charge on any atom is -0.496 e. The summed E-state index contributed by atoms with van der Waals surface area (Å²) in [7, 11) is 2.76. The second-order valence-corrected chi connectivity index (χ2v) is 11.4. The van der Waals surface area contributed by atoms with Crippen LogP contribution in [0.15, 0.2) is 48.5 Å². The van der Waals surface area contributed by atoms with E-state index < -0.39 is 58.7 Å². The number of alkyl halides is 3. The number of halogens is 3. The second-order valence-electron chi connectivity index (χ2n) is 11.4. The molecule has 1 amide bonds. The monoisotopic (exact) mass is 550 g/mol. The van der Waals surface area contributed by atoms with Gasteiger partial charge in [0.2, 0.25) is 0 Å². The summed E-state index contributed by atoms with van der Waals surface area (Å²) in [6.07, 6.45) is -4.54. The maximum absolute atomic E-state index is 13.9. The molecule has 0 aliphatic carbocycles. The molecule has 0 aromatic heterocycles. The van der Waals surface area contributed by atoms with Crippen molar-refractivity contribution in [3.8, 4) is 5.75 Å². The fourth-order valence-electron chi connectivity index (χ4n) is 5.43. The Bertz CT molecular complexity index is 1180. The molecule has 3 rings (SSSR count). The number of hydrogen-bond donors (Lipinski definition) is 2. The number of amides is 1. The number of benzene rings is 2. The number of methoxy groups -OCH3 is 2. The quantitative estimate of drug-likeness (QED) is 0.464.